The van der Waals surface area contributed by atoms with Crippen molar-refractivity contribution < 1.29 is 19.1 Å². The zero-order chi connectivity index (χ0) is 16.8. The number of hydrogen-bond acceptors (Lipinski definition) is 4. The summed E-state index contributed by atoms with van der Waals surface area (Å²) in [6.45, 7) is 6.02. The van der Waals surface area contributed by atoms with Gasteiger partial charge < -0.3 is 9.47 Å². The maximum atomic E-state index is 12.0. The predicted octanol–water partition coefficient (Wildman–Crippen LogP) is 3.63. The second-order valence-corrected chi connectivity index (χ2v) is 5.26. The summed E-state index contributed by atoms with van der Waals surface area (Å²) >= 11 is 0. The lowest BCUT2D eigenvalue weighted by Gasteiger charge is -2.13. The third-order valence-electron chi connectivity index (χ3n) is 3.41. The number of carbonyl (C=O) groups is 2. The number of hydrogen-bond donors (Lipinski definition) is 0. The van der Waals surface area contributed by atoms with Crippen LogP contribution in [0.1, 0.15) is 34.0 Å². The molecule has 0 amide bonds. The highest BCUT2D eigenvalue weighted by atomic mass is 16.5. The highest BCUT2D eigenvalue weighted by Gasteiger charge is 2.19. The molecule has 2 aromatic carbocycles. The Hall–Kier alpha value is -2.62. The van der Waals surface area contributed by atoms with Crippen LogP contribution in [0.15, 0.2) is 42.5 Å². The second-order valence-electron chi connectivity index (χ2n) is 5.26. The van der Waals surface area contributed by atoms with E-state index in [2.05, 4.69) is 0 Å². The highest BCUT2D eigenvalue weighted by molar-refractivity contribution is 6.40. The maximum Gasteiger partial charge on any atom is 0.379 e. The molecule has 0 heterocycles. The lowest BCUT2D eigenvalue weighted by molar-refractivity contribution is -0.137. The Morgan fingerprint density at radius 3 is 2.17 bits per heavy atom. The van der Waals surface area contributed by atoms with Crippen LogP contribution < -0.4 is 4.74 Å². The van der Waals surface area contributed by atoms with Crippen LogP contribution in [0.2, 0.25) is 0 Å². The SMILES string of the molecule is CCOC(=O)C(=O)c1cc(C)c(OCc2ccccc2)c(C)c1. The van der Waals surface area contributed by atoms with E-state index >= 15 is 0 Å². The molecule has 2 aromatic rings. The average molecular weight is 312 g/mol. The highest BCUT2D eigenvalue weighted by Crippen LogP contribution is 2.26. The molecule has 0 unspecified atom stereocenters. The van der Waals surface area contributed by atoms with Gasteiger partial charge in [-0.15, -0.1) is 0 Å². The van der Waals surface area contributed by atoms with Gasteiger partial charge in [0.15, 0.2) is 0 Å². The number of ketones is 1. The molecule has 4 heteroatoms. The van der Waals surface area contributed by atoms with E-state index in [1.807, 2.05) is 44.2 Å². The second kappa shape index (κ2) is 7.58. The molecule has 4 nitrogen and oxygen atoms in total. The number of esters is 1. The Balaban J connectivity index is 2.17. The summed E-state index contributed by atoms with van der Waals surface area (Å²) in [6.07, 6.45) is 0. The molecule has 0 bridgehead atoms. The molecule has 0 fully saturated rings. The quantitative estimate of drug-likeness (QED) is 0.464. The van der Waals surface area contributed by atoms with Gasteiger partial charge in [0, 0.05) is 5.56 Å². The summed E-state index contributed by atoms with van der Waals surface area (Å²) < 4.78 is 10.6. The van der Waals surface area contributed by atoms with E-state index in [0.717, 1.165) is 22.4 Å². The molecule has 0 saturated heterocycles. The first-order valence-corrected chi connectivity index (χ1v) is 7.52. The van der Waals surface area contributed by atoms with Crippen molar-refractivity contribution in [3.63, 3.8) is 0 Å². The zero-order valence-electron chi connectivity index (χ0n) is 13.6. The van der Waals surface area contributed by atoms with Crippen molar-refractivity contribution in [3.05, 3.63) is 64.7 Å². The van der Waals surface area contributed by atoms with Crippen LogP contribution in [0.4, 0.5) is 0 Å². The normalized spacial score (nSPS) is 10.2. The molecule has 120 valence electrons. The van der Waals surface area contributed by atoms with Crippen LogP contribution in [0.3, 0.4) is 0 Å². The number of carbonyl (C=O) groups excluding carboxylic acids is 2. The van der Waals surface area contributed by atoms with Crippen molar-refractivity contribution in [1.82, 2.24) is 0 Å². The van der Waals surface area contributed by atoms with Crippen LogP contribution in [0.25, 0.3) is 0 Å². The maximum absolute atomic E-state index is 12.0. The van der Waals surface area contributed by atoms with Gasteiger partial charge in [-0.2, -0.15) is 0 Å². The molecule has 2 rings (SSSR count). The Kier molecular flexibility index (Phi) is 5.52. The van der Waals surface area contributed by atoms with Gasteiger partial charge in [0.25, 0.3) is 5.78 Å². The minimum absolute atomic E-state index is 0.181. The topological polar surface area (TPSA) is 52.6 Å². The van der Waals surface area contributed by atoms with Crippen LogP contribution in [0, 0.1) is 13.8 Å². The van der Waals surface area contributed by atoms with Crippen molar-refractivity contribution in [2.75, 3.05) is 6.61 Å². The number of ether oxygens (including phenoxy) is 2. The van der Waals surface area contributed by atoms with Gasteiger partial charge in [0.1, 0.15) is 12.4 Å². The van der Waals surface area contributed by atoms with Gasteiger partial charge in [0.2, 0.25) is 0 Å². The summed E-state index contributed by atoms with van der Waals surface area (Å²) in [7, 11) is 0. The van der Waals surface area contributed by atoms with E-state index < -0.39 is 11.8 Å². The molecule has 23 heavy (non-hydrogen) atoms. The van der Waals surface area contributed by atoms with Crippen LogP contribution in [0.5, 0.6) is 5.75 Å². The Morgan fingerprint density at radius 2 is 1.61 bits per heavy atom. The summed E-state index contributed by atoms with van der Waals surface area (Å²) in [4.78, 5) is 23.6. The van der Waals surface area contributed by atoms with Gasteiger partial charge in [0.05, 0.1) is 6.61 Å². The molecule has 0 aliphatic carbocycles. The molecule has 0 spiro atoms. The smallest absolute Gasteiger partial charge is 0.379 e. The van der Waals surface area contributed by atoms with E-state index in [1.165, 1.54) is 0 Å². The lowest BCUT2D eigenvalue weighted by atomic mass is 10.0. The number of rotatable bonds is 6. The standard InChI is InChI=1S/C19H20O4/c1-4-22-19(21)17(20)16-10-13(2)18(14(3)11-16)23-12-15-8-6-5-7-9-15/h5-11H,4,12H2,1-3H3. The van der Waals surface area contributed by atoms with E-state index in [-0.39, 0.29) is 6.61 Å². The van der Waals surface area contributed by atoms with Gasteiger partial charge in [-0.1, -0.05) is 30.3 Å². The molecule has 0 atom stereocenters. The third kappa shape index (κ3) is 4.19. The third-order valence-corrected chi connectivity index (χ3v) is 3.41. The zero-order valence-corrected chi connectivity index (χ0v) is 13.6. The van der Waals surface area contributed by atoms with Crippen LogP contribution >= 0.6 is 0 Å². The Bertz CT molecular complexity index is 682. The van der Waals surface area contributed by atoms with Gasteiger partial charge >= 0.3 is 5.97 Å². The molecule has 0 radical (unpaired) electrons. The first kappa shape index (κ1) is 16.7. The lowest BCUT2D eigenvalue weighted by Crippen LogP contribution is -2.18. The minimum Gasteiger partial charge on any atom is -0.488 e. The van der Waals surface area contributed by atoms with Crippen molar-refractivity contribution in [3.8, 4) is 5.75 Å². The largest absolute Gasteiger partial charge is 0.488 e. The first-order chi connectivity index (χ1) is 11.0. The first-order valence-electron chi connectivity index (χ1n) is 7.52. The van der Waals surface area contributed by atoms with E-state index in [4.69, 9.17) is 9.47 Å². The fourth-order valence-electron chi connectivity index (χ4n) is 2.35. The Morgan fingerprint density at radius 1 is 1.00 bits per heavy atom. The van der Waals surface area contributed by atoms with E-state index in [9.17, 15) is 9.59 Å². The van der Waals surface area contributed by atoms with Crippen molar-refractivity contribution in [2.45, 2.75) is 27.4 Å². The minimum atomic E-state index is -0.829. The molecule has 0 aromatic heterocycles. The summed E-state index contributed by atoms with van der Waals surface area (Å²) in [5.74, 6) is -0.730. The van der Waals surface area contributed by atoms with E-state index in [1.54, 1.807) is 19.1 Å². The number of aryl methyl sites for hydroxylation is 2. The summed E-state index contributed by atoms with van der Waals surface area (Å²) in [6, 6.07) is 13.2. The Labute approximate surface area is 136 Å². The van der Waals surface area contributed by atoms with Gasteiger partial charge in [-0.3, -0.25) is 4.79 Å². The fourth-order valence-corrected chi connectivity index (χ4v) is 2.35. The number of Topliss-reactive ketones (excluding diaryl/α,β-unsaturated/α-hetero) is 1. The van der Waals surface area contributed by atoms with Crippen LogP contribution in [-0.2, 0) is 16.1 Å². The molecule has 0 N–H and O–H groups in total. The van der Waals surface area contributed by atoms with Gasteiger partial charge in [-0.25, -0.2) is 4.79 Å². The molecular formula is C19H20O4. The molecular weight excluding hydrogens is 292 g/mol. The molecule has 0 aliphatic rings. The summed E-state index contributed by atoms with van der Waals surface area (Å²) in [5, 5.41) is 0. The van der Waals surface area contributed by atoms with Crippen molar-refractivity contribution in [1.29, 1.82) is 0 Å². The summed E-state index contributed by atoms with van der Waals surface area (Å²) in [5.41, 5.74) is 3.02. The van der Waals surface area contributed by atoms with Crippen LogP contribution in [-0.4, -0.2) is 18.4 Å². The molecule has 0 aliphatic heterocycles. The predicted molar refractivity (Wildman–Crippen MR) is 87.7 cm³/mol. The monoisotopic (exact) mass is 312 g/mol. The fraction of sp³-hybridized carbons (Fsp3) is 0.263. The number of benzene rings is 2. The average Bonchev–Trinajstić information content (AvgIpc) is 2.54. The molecule has 0 saturated carbocycles. The van der Waals surface area contributed by atoms with Crippen molar-refractivity contribution >= 4 is 11.8 Å². The van der Waals surface area contributed by atoms with E-state index in [0.29, 0.717) is 12.2 Å². The van der Waals surface area contributed by atoms with Crippen molar-refractivity contribution in [2.24, 2.45) is 0 Å². The van der Waals surface area contributed by atoms with Gasteiger partial charge in [-0.05, 0) is 49.6 Å².